The first-order chi connectivity index (χ1) is 8.16. The van der Waals surface area contributed by atoms with Crippen molar-refractivity contribution >= 4 is 40.2 Å². The number of thiophene rings is 1. The molecule has 0 aliphatic heterocycles. The van der Waals surface area contributed by atoms with Crippen LogP contribution in [0.25, 0.3) is 0 Å². The van der Waals surface area contributed by atoms with Crippen molar-refractivity contribution in [2.45, 2.75) is 6.42 Å². The van der Waals surface area contributed by atoms with E-state index in [4.69, 9.17) is 33.7 Å². The Labute approximate surface area is 114 Å². The minimum absolute atomic E-state index is 0.440. The number of nitrogens with two attached hydrogens (primary N) is 1. The van der Waals surface area contributed by atoms with Crippen molar-refractivity contribution in [1.29, 1.82) is 0 Å². The van der Waals surface area contributed by atoms with Crippen LogP contribution in [0.1, 0.15) is 4.88 Å². The Bertz CT molecular complexity index is 499. The molecule has 1 aromatic carbocycles. The number of hydrogen-bond donors (Lipinski definition) is 1. The van der Waals surface area contributed by atoms with E-state index in [0.717, 1.165) is 6.42 Å². The Kier molecular flexibility index (Phi) is 4.15. The maximum Gasteiger partial charge on any atom is 0.143 e. The van der Waals surface area contributed by atoms with E-state index in [2.05, 4.69) is 6.07 Å². The van der Waals surface area contributed by atoms with Gasteiger partial charge in [-0.15, -0.1) is 11.3 Å². The molecule has 0 amide bonds. The van der Waals surface area contributed by atoms with Crippen LogP contribution in [0.2, 0.25) is 10.0 Å². The Morgan fingerprint density at radius 3 is 2.71 bits per heavy atom. The van der Waals surface area contributed by atoms with Crippen LogP contribution in [-0.2, 0) is 6.42 Å². The molecule has 0 bridgehead atoms. The summed E-state index contributed by atoms with van der Waals surface area (Å²) in [5, 5.41) is 2.94. The van der Waals surface area contributed by atoms with Crippen LogP contribution in [0.15, 0.2) is 29.6 Å². The summed E-state index contributed by atoms with van der Waals surface area (Å²) in [7, 11) is 0. The smallest absolute Gasteiger partial charge is 0.143 e. The first-order valence-corrected chi connectivity index (χ1v) is 6.70. The molecule has 2 aromatic rings. The van der Waals surface area contributed by atoms with Gasteiger partial charge in [0.15, 0.2) is 0 Å². The average molecular weight is 288 g/mol. The predicted octanol–water partition coefficient (Wildman–Crippen LogP) is 4.26. The number of ether oxygens (including phenoxy) is 1. The number of benzene rings is 1. The van der Waals surface area contributed by atoms with Crippen LogP contribution in [0.4, 0.5) is 5.69 Å². The van der Waals surface area contributed by atoms with Gasteiger partial charge in [0.25, 0.3) is 0 Å². The highest BCUT2D eigenvalue weighted by Crippen LogP contribution is 2.32. The highest BCUT2D eigenvalue weighted by Gasteiger charge is 2.06. The van der Waals surface area contributed by atoms with Gasteiger partial charge in [-0.25, -0.2) is 0 Å². The third-order valence-electron chi connectivity index (χ3n) is 2.24. The number of anilines is 1. The zero-order chi connectivity index (χ0) is 12.3. The van der Waals surface area contributed by atoms with Gasteiger partial charge in [0.1, 0.15) is 5.75 Å². The number of halogens is 2. The van der Waals surface area contributed by atoms with E-state index in [9.17, 15) is 0 Å². The fourth-order valence-electron chi connectivity index (χ4n) is 1.39. The van der Waals surface area contributed by atoms with Crippen molar-refractivity contribution in [2.24, 2.45) is 0 Å². The largest absolute Gasteiger partial charge is 0.491 e. The van der Waals surface area contributed by atoms with E-state index < -0.39 is 0 Å². The highest BCUT2D eigenvalue weighted by atomic mass is 35.5. The van der Waals surface area contributed by atoms with Crippen LogP contribution in [0.5, 0.6) is 5.75 Å². The zero-order valence-electron chi connectivity index (χ0n) is 8.95. The van der Waals surface area contributed by atoms with Crippen molar-refractivity contribution in [3.05, 3.63) is 44.6 Å². The molecule has 90 valence electrons. The topological polar surface area (TPSA) is 35.2 Å². The molecule has 2 N–H and O–H groups in total. The second kappa shape index (κ2) is 5.63. The first kappa shape index (κ1) is 12.6. The molecule has 2 nitrogen and oxygen atoms in total. The molecule has 17 heavy (non-hydrogen) atoms. The lowest BCUT2D eigenvalue weighted by Gasteiger charge is -2.09. The summed E-state index contributed by atoms with van der Waals surface area (Å²) in [4.78, 5) is 1.28. The summed E-state index contributed by atoms with van der Waals surface area (Å²) < 4.78 is 5.58. The van der Waals surface area contributed by atoms with E-state index in [-0.39, 0.29) is 0 Å². The molecule has 0 aliphatic carbocycles. The molecule has 0 saturated heterocycles. The second-order valence-electron chi connectivity index (χ2n) is 3.48. The number of rotatable bonds is 4. The summed E-state index contributed by atoms with van der Waals surface area (Å²) in [5.41, 5.74) is 6.29. The molecule has 0 aliphatic rings. The minimum atomic E-state index is 0.440. The Balaban J connectivity index is 1.97. The van der Waals surface area contributed by atoms with E-state index >= 15 is 0 Å². The van der Waals surface area contributed by atoms with Gasteiger partial charge < -0.3 is 10.5 Å². The molecule has 0 spiro atoms. The maximum absolute atomic E-state index is 5.90. The second-order valence-corrected chi connectivity index (χ2v) is 5.33. The molecule has 0 unspecified atom stereocenters. The lowest BCUT2D eigenvalue weighted by atomic mass is 10.3. The summed E-state index contributed by atoms with van der Waals surface area (Å²) >= 11 is 13.4. The lowest BCUT2D eigenvalue weighted by Crippen LogP contribution is -2.02. The standard InChI is InChI=1S/C12H11Cl2NOS/c13-9-6-11(15)12(7-10(9)14)16-4-3-8-2-1-5-17-8/h1-2,5-7H,3-4,15H2. The van der Waals surface area contributed by atoms with Gasteiger partial charge in [0.05, 0.1) is 22.3 Å². The fourth-order valence-corrected chi connectivity index (χ4v) is 2.40. The molecule has 0 saturated carbocycles. The zero-order valence-corrected chi connectivity index (χ0v) is 11.3. The van der Waals surface area contributed by atoms with Crippen molar-refractivity contribution in [3.8, 4) is 5.75 Å². The number of nitrogen functional groups attached to an aromatic ring is 1. The molecular formula is C12H11Cl2NOS. The first-order valence-electron chi connectivity index (χ1n) is 5.06. The SMILES string of the molecule is Nc1cc(Cl)c(Cl)cc1OCCc1cccs1. The van der Waals surface area contributed by atoms with Crippen molar-refractivity contribution in [1.82, 2.24) is 0 Å². The average Bonchev–Trinajstić information content (AvgIpc) is 2.78. The molecule has 0 radical (unpaired) electrons. The molecule has 1 aromatic heterocycles. The normalized spacial score (nSPS) is 10.5. The Morgan fingerprint density at radius 1 is 1.24 bits per heavy atom. The van der Waals surface area contributed by atoms with Crippen LogP contribution in [0, 0.1) is 0 Å². The molecule has 2 rings (SSSR count). The Hall–Kier alpha value is -0.900. The molecule has 1 heterocycles. The summed E-state index contributed by atoms with van der Waals surface area (Å²) in [6, 6.07) is 7.34. The van der Waals surface area contributed by atoms with Gasteiger partial charge in [0, 0.05) is 17.4 Å². The highest BCUT2D eigenvalue weighted by molar-refractivity contribution is 7.09. The van der Waals surface area contributed by atoms with E-state index in [0.29, 0.717) is 28.1 Å². The molecule has 5 heteroatoms. The van der Waals surface area contributed by atoms with Gasteiger partial charge >= 0.3 is 0 Å². The van der Waals surface area contributed by atoms with E-state index in [1.165, 1.54) is 4.88 Å². The fraction of sp³-hybridized carbons (Fsp3) is 0.167. The van der Waals surface area contributed by atoms with Gasteiger partial charge in [-0.1, -0.05) is 29.3 Å². The summed E-state index contributed by atoms with van der Waals surface area (Å²) in [6.07, 6.45) is 0.858. The Morgan fingerprint density at radius 2 is 2.00 bits per heavy atom. The van der Waals surface area contributed by atoms with Gasteiger partial charge in [-0.05, 0) is 17.5 Å². The van der Waals surface area contributed by atoms with E-state index in [1.807, 2.05) is 11.4 Å². The third kappa shape index (κ3) is 3.28. The van der Waals surface area contributed by atoms with Crippen LogP contribution in [0.3, 0.4) is 0 Å². The van der Waals surface area contributed by atoms with Crippen LogP contribution >= 0.6 is 34.5 Å². The minimum Gasteiger partial charge on any atom is -0.491 e. The monoisotopic (exact) mass is 287 g/mol. The quantitative estimate of drug-likeness (QED) is 0.853. The molecular weight excluding hydrogens is 277 g/mol. The van der Waals surface area contributed by atoms with Crippen molar-refractivity contribution in [2.75, 3.05) is 12.3 Å². The molecule has 0 atom stereocenters. The summed E-state index contributed by atoms with van der Waals surface area (Å²) in [5.74, 6) is 0.580. The molecule has 0 fully saturated rings. The lowest BCUT2D eigenvalue weighted by molar-refractivity contribution is 0.325. The van der Waals surface area contributed by atoms with Gasteiger partial charge in [0.2, 0.25) is 0 Å². The predicted molar refractivity (Wildman–Crippen MR) is 74.4 cm³/mol. The van der Waals surface area contributed by atoms with Crippen LogP contribution in [-0.4, -0.2) is 6.61 Å². The van der Waals surface area contributed by atoms with Crippen molar-refractivity contribution in [3.63, 3.8) is 0 Å². The third-order valence-corrected chi connectivity index (χ3v) is 3.90. The van der Waals surface area contributed by atoms with E-state index in [1.54, 1.807) is 23.5 Å². The summed E-state index contributed by atoms with van der Waals surface area (Å²) in [6.45, 7) is 0.572. The maximum atomic E-state index is 5.90. The van der Waals surface area contributed by atoms with Gasteiger partial charge in [-0.3, -0.25) is 0 Å². The number of hydrogen-bond acceptors (Lipinski definition) is 3. The van der Waals surface area contributed by atoms with Crippen LogP contribution < -0.4 is 10.5 Å². The van der Waals surface area contributed by atoms with Gasteiger partial charge in [-0.2, -0.15) is 0 Å². The van der Waals surface area contributed by atoms with Crippen molar-refractivity contribution < 1.29 is 4.74 Å².